The maximum absolute atomic E-state index is 10.1. The second-order valence-electron chi connectivity index (χ2n) is 5.99. The first-order chi connectivity index (χ1) is 8.75. The summed E-state index contributed by atoms with van der Waals surface area (Å²) in [7, 11) is 0. The summed E-state index contributed by atoms with van der Waals surface area (Å²) in [5.41, 5.74) is 0. The lowest BCUT2D eigenvalue weighted by atomic mass is 9.88. The zero-order valence-electron chi connectivity index (χ0n) is 11.7. The third-order valence-corrected chi connectivity index (χ3v) is 4.37. The Hall–Kier alpha value is -0.160. The van der Waals surface area contributed by atoms with E-state index in [1.807, 2.05) is 0 Å². The molecule has 4 nitrogen and oxygen atoms in total. The van der Waals surface area contributed by atoms with Crippen LogP contribution in [0.1, 0.15) is 32.6 Å². The molecular weight excluding hydrogens is 228 g/mol. The predicted octanol–water partition coefficient (Wildman–Crippen LogP) is -0.569. The van der Waals surface area contributed by atoms with Gasteiger partial charge in [-0.1, -0.05) is 19.8 Å². The number of aliphatic hydroxyl groups excluding tert-OH is 1. The third-order valence-electron chi connectivity index (χ3n) is 4.37. The van der Waals surface area contributed by atoms with Crippen molar-refractivity contribution in [3.63, 3.8) is 0 Å². The zero-order chi connectivity index (χ0) is 12.8. The first-order valence-electron chi connectivity index (χ1n) is 7.59. The molecule has 0 amide bonds. The van der Waals surface area contributed by atoms with E-state index in [1.54, 1.807) is 0 Å². The maximum atomic E-state index is 10.1. The van der Waals surface area contributed by atoms with Gasteiger partial charge in [-0.2, -0.15) is 0 Å². The molecule has 2 rings (SSSR count). The molecule has 2 aliphatic rings. The molecule has 4 heteroatoms. The number of nitrogens with one attached hydrogen (secondary N) is 2. The molecule has 0 aromatic heterocycles. The first kappa shape index (κ1) is 14.3. The van der Waals surface area contributed by atoms with Crippen molar-refractivity contribution in [1.82, 2.24) is 5.32 Å². The molecule has 1 aliphatic carbocycles. The number of piperazine rings is 1. The highest BCUT2D eigenvalue weighted by Gasteiger charge is 2.24. The normalized spacial score (nSPS) is 32.3. The summed E-state index contributed by atoms with van der Waals surface area (Å²) >= 11 is 0. The molecule has 3 atom stereocenters. The Kier molecular flexibility index (Phi) is 5.89. The zero-order valence-corrected chi connectivity index (χ0v) is 11.7. The average molecular weight is 257 g/mol. The van der Waals surface area contributed by atoms with Crippen LogP contribution in [0.5, 0.6) is 0 Å². The maximum Gasteiger partial charge on any atom is 0.126 e. The van der Waals surface area contributed by atoms with Gasteiger partial charge in [0.15, 0.2) is 0 Å². The van der Waals surface area contributed by atoms with E-state index in [0.29, 0.717) is 18.6 Å². The van der Waals surface area contributed by atoms with Crippen LogP contribution < -0.4 is 10.2 Å². The van der Waals surface area contributed by atoms with Crippen LogP contribution >= 0.6 is 0 Å². The minimum atomic E-state index is -0.299. The topological polar surface area (TPSA) is 45.9 Å². The van der Waals surface area contributed by atoms with Gasteiger partial charge in [-0.05, 0) is 18.8 Å². The Labute approximate surface area is 111 Å². The van der Waals surface area contributed by atoms with Crippen LogP contribution in [0.25, 0.3) is 0 Å². The lowest BCUT2D eigenvalue weighted by Gasteiger charge is -2.30. The molecule has 2 fully saturated rings. The van der Waals surface area contributed by atoms with Crippen molar-refractivity contribution in [2.45, 2.75) is 44.8 Å². The quantitative estimate of drug-likeness (QED) is 0.618. The standard InChI is InChI=1S/C14H28N2O2/c1-12-4-2-3-5-14(12)18-11-13(17)10-16-8-6-15-7-9-16/h12-15,17H,2-11H2,1H3/p+1/t12?,13-,14?/m0/s1. The monoisotopic (exact) mass is 257 g/mol. The van der Waals surface area contributed by atoms with Gasteiger partial charge in [0.2, 0.25) is 0 Å². The molecule has 0 radical (unpaired) electrons. The van der Waals surface area contributed by atoms with Gasteiger partial charge in [0.1, 0.15) is 12.6 Å². The number of hydrogen-bond donors (Lipinski definition) is 3. The lowest BCUT2D eigenvalue weighted by molar-refractivity contribution is -0.905. The van der Waals surface area contributed by atoms with E-state index in [4.69, 9.17) is 4.74 Å². The van der Waals surface area contributed by atoms with Crippen LogP contribution in [0.15, 0.2) is 0 Å². The molecule has 2 unspecified atom stereocenters. The average Bonchev–Trinajstić information content (AvgIpc) is 2.39. The van der Waals surface area contributed by atoms with Crippen molar-refractivity contribution in [3.8, 4) is 0 Å². The number of quaternary nitrogens is 1. The van der Waals surface area contributed by atoms with Crippen molar-refractivity contribution in [2.75, 3.05) is 39.3 Å². The molecule has 3 N–H and O–H groups in total. The van der Waals surface area contributed by atoms with Gasteiger partial charge < -0.3 is 20.1 Å². The summed E-state index contributed by atoms with van der Waals surface area (Å²) in [4.78, 5) is 1.50. The van der Waals surface area contributed by atoms with E-state index in [1.165, 1.54) is 30.6 Å². The molecule has 1 saturated carbocycles. The van der Waals surface area contributed by atoms with E-state index in [9.17, 15) is 5.11 Å². The molecule has 18 heavy (non-hydrogen) atoms. The van der Waals surface area contributed by atoms with Crippen molar-refractivity contribution >= 4 is 0 Å². The second-order valence-corrected chi connectivity index (χ2v) is 5.99. The number of aliphatic hydroxyl groups is 1. The lowest BCUT2D eigenvalue weighted by Crippen LogP contribution is -3.15. The van der Waals surface area contributed by atoms with Crippen molar-refractivity contribution in [3.05, 3.63) is 0 Å². The van der Waals surface area contributed by atoms with Crippen LogP contribution in [-0.4, -0.2) is 56.6 Å². The van der Waals surface area contributed by atoms with Crippen molar-refractivity contribution in [2.24, 2.45) is 5.92 Å². The van der Waals surface area contributed by atoms with Gasteiger partial charge in [0.05, 0.1) is 25.8 Å². The summed E-state index contributed by atoms with van der Waals surface area (Å²) in [6, 6.07) is 0. The predicted molar refractivity (Wildman–Crippen MR) is 71.8 cm³/mol. The van der Waals surface area contributed by atoms with Crippen LogP contribution in [0.2, 0.25) is 0 Å². The Morgan fingerprint density at radius 1 is 1.28 bits per heavy atom. The highest BCUT2D eigenvalue weighted by Crippen LogP contribution is 2.26. The Balaban J connectivity index is 1.62. The highest BCUT2D eigenvalue weighted by molar-refractivity contribution is 4.73. The summed E-state index contributed by atoms with van der Waals surface area (Å²) in [5, 5.41) is 13.4. The van der Waals surface area contributed by atoms with Crippen LogP contribution in [-0.2, 0) is 4.74 Å². The van der Waals surface area contributed by atoms with Gasteiger partial charge in [-0.25, -0.2) is 0 Å². The minimum absolute atomic E-state index is 0.299. The molecule has 0 aromatic carbocycles. The van der Waals surface area contributed by atoms with E-state index in [2.05, 4.69) is 12.2 Å². The van der Waals surface area contributed by atoms with E-state index >= 15 is 0 Å². The smallest absolute Gasteiger partial charge is 0.126 e. The fourth-order valence-corrected chi connectivity index (χ4v) is 3.14. The van der Waals surface area contributed by atoms with Gasteiger partial charge in [-0.15, -0.1) is 0 Å². The Morgan fingerprint density at radius 3 is 2.72 bits per heavy atom. The van der Waals surface area contributed by atoms with Crippen LogP contribution in [0.3, 0.4) is 0 Å². The minimum Gasteiger partial charge on any atom is -0.385 e. The van der Waals surface area contributed by atoms with E-state index in [0.717, 1.165) is 32.7 Å². The van der Waals surface area contributed by atoms with Gasteiger partial charge in [0.25, 0.3) is 0 Å². The Morgan fingerprint density at radius 2 is 2.00 bits per heavy atom. The largest absolute Gasteiger partial charge is 0.385 e. The molecule has 1 saturated heterocycles. The molecule has 0 bridgehead atoms. The highest BCUT2D eigenvalue weighted by atomic mass is 16.5. The summed E-state index contributed by atoms with van der Waals surface area (Å²) in [6.45, 7) is 8.02. The SMILES string of the molecule is CC1CCCCC1OC[C@@H](O)C[NH+]1CCNCC1. The van der Waals surface area contributed by atoms with Gasteiger partial charge in [-0.3, -0.25) is 0 Å². The van der Waals surface area contributed by atoms with Crippen molar-refractivity contribution in [1.29, 1.82) is 0 Å². The third kappa shape index (κ3) is 4.50. The molecule has 0 aromatic rings. The van der Waals surface area contributed by atoms with E-state index < -0.39 is 0 Å². The number of rotatable bonds is 5. The summed E-state index contributed by atoms with van der Waals surface area (Å²) < 4.78 is 5.92. The van der Waals surface area contributed by atoms with Crippen molar-refractivity contribution < 1.29 is 14.7 Å². The summed E-state index contributed by atoms with van der Waals surface area (Å²) in [6.07, 6.45) is 5.17. The molecule has 1 heterocycles. The first-order valence-corrected chi connectivity index (χ1v) is 7.59. The number of ether oxygens (including phenoxy) is 1. The number of hydrogen-bond acceptors (Lipinski definition) is 3. The van der Waals surface area contributed by atoms with Gasteiger partial charge in [0, 0.05) is 13.1 Å². The molecule has 106 valence electrons. The van der Waals surface area contributed by atoms with Gasteiger partial charge >= 0.3 is 0 Å². The fraction of sp³-hybridized carbons (Fsp3) is 1.00. The van der Waals surface area contributed by atoms with Crippen LogP contribution in [0.4, 0.5) is 0 Å². The molecule has 1 aliphatic heterocycles. The van der Waals surface area contributed by atoms with E-state index in [-0.39, 0.29) is 6.10 Å². The second kappa shape index (κ2) is 7.43. The molecular formula is C14H29N2O2+. The Bertz CT molecular complexity index is 232. The molecule has 0 spiro atoms. The summed E-state index contributed by atoms with van der Waals surface area (Å²) in [5.74, 6) is 0.664. The van der Waals surface area contributed by atoms with Crippen LogP contribution in [0, 0.1) is 5.92 Å². The fourth-order valence-electron chi connectivity index (χ4n) is 3.14.